The predicted molar refractivity (Wildman–Crippen MR) is 99.6 cm³/mol. The Balaban J connectivity index is 1.59. The van der Waals surface area contributed by atoms with Crippen molar-refractivity contribution in [1.29, 1.82) is 0 Å². The Morgan fingerprint density at radius 1 is 1.29 bits per heavy atom. The summed E-state index contributed by atoms with van der Waals surface area (Å²) in [4.78, 5) is 6.15. The van der Waals surface area contributed by atoms with Crippen molar-refractivity contribution in [2.75, 3.05) is 52.5 Å². The number of alkyl halides is 1. The largest absolute Gasteiger partial charge is 0.326 e. The normalized spacial score (nSPS) is 24.5. The summed E-state index contributed by atoms with van der Waals surface area (Å²) in [7, 11) is 0. The number of piperazine rings is 1. The topological polar surface area (TPSA) is 17.3 Å². The number of quaternary nitrogens is 2. The molecule has 0 atom stereocenters. The number of hydrogen-bond acceptors (Lipinski definition) is 2. The lowest BCUT2D eigenvalue weighted by molar-refractivity contribution is -1.02. The van der Waals surface area contributed by atoms with E-state index in [4.69, 9.17) is 0 Å². The number of hydrogen-bond donors (Lipinski definition) is 1. The second-order valence-electron chi connectivity index (χ2n) is 7.16. The monoisotopic (exact) mass is 351 g/mol. The molecule has 0 amide bonds. The molecule has 0 unspecified atom stereocenters. The zero-order chi connectivity index (χ0) is 17.0. The predicted octanol–water partition coefficient (Wildman–Crippen LogP) is 2.24. The molecule has 1 aliphatic rings. The maximum Gasteiger partial charge on any atom is 0.129 e. The molecule has 1 saturated heterocycles. The summed E-state index contributed by atoms with van der Waals surface area (Å²) in [6.45, 7) is 12.5. The first kappa shape index (κ1) is 17.8. The number of fused-ring (bicyclic) bond motifs is 1. The minimum atomic E-state index is -0.170. The van der Waals surface area contributed by atoms with Crippen LogP contribution in [0, 0.1) is 6.92 Å². The molecule has 2 aromatic rings. The minimum absolute atomic E-state index is 0.170. The molecule has 0 aliphatic carbocycles. The van der Waals surface area contributed by atoms with Crippen LogP contribution in [0.2, 0.25) is 0 Å². The van der Waals surface area contributed by atoms with Crippen LogP contribution in [0.3, 0.4) is 0 Å². The lowest BCUT2D eigenvalue weighted by Crippen LogP contribution is -3.15. The molecule has 1 aromatic carbocycles. The Bertz CT molecular complexity index is 662. The van der Waals surface area contributed by atoms with Gasteiger partial charge >= 0.3 is 0 Å². The number of aryl methyl sites for hydroxylation is 1. The number of likely N-dealkylation sites (N-methyl/N-ethyl adjacent to an activating group) is 1. The van der Waals surface area contributed by atoms with Crippen LogP contribution in [-0.4, -0.2) is 62.0 Å². The Morgan fingerprint density at radius 3 is 2.79 bits per heavy atom. The van der Waals surface area contributed by atoms with E-state index < -0.39 is 0 Å². The molecule has 132 valence electrons. The number of halogens is 1. The summed E-state index contributed by atoms with van der Waals surface area (Å²) in [6.07, 6.45) is 1.86. The Hall–Kier alpha value is -1.04. The van der Waals surface area contributed by atoms with Crippen LogP contribution in [0.4, 0.5) is 4.39 Å². The second-order valence-corrected chi connectivity index (χ2v) is 8.39. The lowest BCUT2D eigenvalue weighted by Gasteiger charge is -2.42. The van der Waals surface area contributed by atoms with Crippen LogP contribution in [-0.2, 0) is 6.42 Å². The molecule has 1 fully saturated rings. The molecule has 5 heteroatoms. The SMILES string of the molecule is CC[N+]1(CCc2ccc3nc(C)sc3c2)CC[NH+](CCCF)CC1. The Kier molecular flexibility index (Phi) is 5.85. The standard InChI is InChI=1S/C19H29FN3S/c1-3-23(13-10-22(11-14-23)9-4-8-20)12-7-17-5-6-18-19(15-17)24-16(2)21-18/h5-6,15H,3-4,7-14H2,1-2H3/q+1/p+1. The van der Waals surface area contributed by atoms with Gasteiger partial charge in [-0.2, -0.15) is 0 Å². The number of thiazole rings is 1. The van der Waals surface area contributed by atoms with E-state index in [9.17, 15) is 4.39 Å². The molecule has 0 radical (unpaired) electrons. The van der Waals surface area contributed by atoms with Gasteiger partial charge in [-0.05, 0) is 31.5 Å². The third kappa shape index (κ3) is 4.13. The number of rotatable bonds is 7. The maximum absolute atomic E-state index is 12.4. The smallest absolute Gasteiger partial charge is 0.129 e. The summed E-state index contributed by atoms with van der Waals surface area (Å²) in [5.41, 5.74) is 2.56. The molecule has 1 aromatic heterocycles. The zero-order valence-electron chi connectivity index (χ0n) is 15.0. The average molecular weight is 352 g/mol. The first-order chi connectivity index (χ1) is 11.6. The van der Waals surface area contributed by atoms with Gasteiger partial charge in [-0.25, -0.2) is 4.98 Å². The first-order valence-corrected chi connectivity index (χ1v) is 10.1. The van der Waals surface area contributed by atoms with Crippen molar-refractivity contribution in [1.82, 2.24) is 4.98 Å². The molecular formula is C19H30FN3S+2. The van der Waals surface area contributed by atoms with E-state index >= 15 is 0 Å². The van der Waals surface area contributed by atoms with E-state index in [1.165, 1.54) is 54.0 Å². The van der Waals surface area contributed by atoms with Gasteiger partial charge in [0, 0.05) is 12.8 Å². The highest BCUT2D eigenvalue weighted by atomic mass is 32.1. The highest BCUT2D eigenvalue weighted by molar-refractivity contribution is 7.18. The molecule has 0 bridgehead atoms. The zero-order valence-corrected chi connectivity index (χ0v) is 15.8. The van der Waals surface area contributed by atoms with Crippen LogP contribution < -0.4 is 4.90 Å². The van der Waals surface area contributed by atoms with E-state index in [1.54, 1.807) is 16.2 Å². The number of aromatic nitrogens is 1. The van der Waals surface area contributed by atoms with Crippen LogP contribution in [0.25, 0.3) is 10.2 Å². The molecule has 1 N–H and O–H groups in total. The molecule has 0 spiro atoms. The van der Waals surface area contributed by atoms with Crippen LogP contribution in [0.1, 0.15) is 23.9 Å². The third-order valence-corrected chi connectivity index (χ3v) is 6.58. The molecule has 0 saturated carbocycles. The third-order valence-electron chi connectivity index (χ3n) is 5.65. The van der Waals surface area contributed by atoms with E-state index in [0.29, 0.717) is 0 Å². The van der Waals surface area contributed by atoms with Crippen LogP contribution in [0.15, 0.2) is 18.2 Å². The van der Waals surface area contributed by atoms with Gasteiger partial charge < -0.3 is 9.38 Å². The van der Waals surface area contributed by atoms with Crippen molar-refractivity contribution < 1.29 is 13.8 Å². The van der Waals surface area contributed by atoms with Crippen LogP contribution >= 0.6 is 11.3 Å². The summed E-state index contributed by atoms with van der Waals surface area (Å²) in [5, 5.41) is 1.14. The van der Waals surface area contributed by atoms with Crippen LogP contribution in [0.5, 0.6) is 0 Å². The van der Waals surface area contributed by atoms with Gasteiger partial charge in [0.1, 0.15) is 26.2 Å². The minimum Gasteiger partial charge on any atom is -0.326 e. The van der Waals surface area contributed by atoms with Gasteiger partial charge in [0.15, 0.2) is 0 Å². The van der Waals surface area contributed by atoms with Crippen molar-refractivity contribution in [3.63, 3.8) is 0 Å². The first-order valence-electron chi connectivity index (χ1n) is 9.25. The van der Waals surface area contributed by atoms with Crippen molar-refractivity contribution in [2.45, 2.75) is 26.7 Å². The Morgan fingerprint density at radius 2 is 2.08 bits per heavy atom. The molecule has 3 rings (SSSR count). The maximum atomic E-state index is 12.4. The fraction of sp³-hybridized carbons (Fsp3) is 0.632. The highest BCUT2D eigenvalue weighted by Crippen LogP contribution is 2.23. The molecule has 2 heterocycles. The van der Waals surface area contributed by atoms with E-state index in [0.717, 1.165) is 29.9 Å². The van der Waals surface area contributed by atoms with Crippen molar-refractivity contribution in [2.24, 2.45) is 0 Å². The highest BCUT2D eigenvalue weighted by Gasteiger charge is 2.33. The summed E-state index contributed by atoms with van der Waals surface area (Å²) in [5.74, 6) is 0. The Labute approximate surface area is 148 Å². The summed E-state index contributed by atoms with van der Waals surface area (Å²) < 4.78 is 14.9. The van der Waals surface area contributed by atoms with Crippen molar-refractivity contribution in [3.8, 4) is 0 Å². The molecule has 3 nitrogen and oxygen atoms in total. The van der Waals surface area contributed by atoms with Gasteiger partial charge in [0.25, 0.3) is 0 Å². The van der Waals surface area contributed by atoms with Gasteiger partial charge in [-0.1, -0.05) is 6.07 Å². The summed E-state index contributed by atoms with van der Waals surface area (Å²) in [6, 6.07) is 6.74. The molecule has 24 heavy (non-hydrogen) atoms. The van der Waals surface area contributed by atoms with E-state index in [-0.39, 0.29) is 6.67 Å². The molecular weight excluding hydrogens is 321 g/mol. The summed E-state index contributed by atoms with van der Waals surface area (Å²) >= 11 is 1.79. The average Bonchev–Trinajstić information content (AvgIpc) is 2.98. The van der Waals surface area contributed by atoms with Gasteiger partial charge in [0.05, 0.1) is 41.5 Å². The van der Waals surface area contributed by atoms with Gasteiger partial charge in [0.2, 0.25) is 0 Å². The second kappa shape index (κ2) is 7.89. The van der Waals surface area contributed by atoms with Gasteiger partial charge in [-0.3, -0.25) is 4.39 Å². The van der Waals surface area contributed by atoms with Gasteiger partial charge in [-0.15, -0.1) is 11.3 Å². The number of nitrogens with one attached hydrogen (secondary N) is 1. The lowest BCUT2D eigenvalue weighted by atomic mass is 10.1. The fourth-order valence-electron chi connectivity index (χ4n) is 3.90. The fourth-order valence-corrected chi connectivity index (χ4v) is 4.79. The van der Waals surface area contributed by atoms with Crippen molar-refractivity contribution in [3.05, 3.63) is 28.8 Å². The van der Waals surface area contributed by atoms with Crippen molar-refractivity contribution >= 4 is 21.6 Å². The quantitative estimate of drug-likeness (QED) is 0.757. The van der Waals surface area contributed by atoms with E-state index in [1.807, 2.05) is 0 Å². The van der Waals surface area contributed by atoms with E-state index in [2.05, 4.69) is 37.0 Å². The number of nitrogens with zero attached hydrogens (tertiary/aromatic N) is 2. The number of benzene rings is 1. The molecule has 1 aliphatic heterocycles.